The van der Waals surface area contributed by atoms with Crippen molar-refractivity contribution in [2.45, 2.75) is 19.1 Å². The number of carbonyl (C=O) groups is 1. The Balaban J connectivity index is 2.16. The van der Waals surface area contributed by atoms with Crippen LogP contribution in [0.2, 0.25) is 0 Å². The van der Waals surface area contributed by atoms with Crippen LogP contribution in [-0.2, 0) is 22.6 Å². The summed E-state index contributed by atoms with van der Waals surface area (Å²) in [5.74, 6) is -0.385. The van der Waals surface area contributed by atoms with Gasteiger partial charge in [0, 0.05) is 32.2 Å². The van der Waals surface area contributed by atoms with E-state index in [1.165, 1.54) is 6.07 Å². The molecule has 3 N–H and O–H groups in total. The Morgan fingerprint density at radius 1 is 1.60 bits per heavy atom. The van der Waals surface area contributed by atoms with Gasteiger partial charge in [-0.05, 0) is 11.6 Å². The van der Waals surface area contributed by atoms with E-state index >= 15 is 0 Å². The van der Waals surface area contributed by atoms with Crippen molar-refractivity contribution in [1.82, 2.24) is 10.2 Å². The largest absolute Gasteiger partial charge is 0.378 e. The van der Waals surface area contributed by atoms with Gasteiger partial charge in [-0.25, -0.2) is 4.39 Å². The van der Waals surface area contributed by atoms with Gasteiger partial charge in [0.15, 0.2) is 0 Å². The van der Waals surface area contributed by atoms with E-state index < -0.39 is 0 Å². The van der Waals surface area contributed by atoms with Gasteiger partial charge < -0.3 is 15.8 Å². The zero-order valence-electron chi connectivity index (χ0n) is 11.6. The quantitative estimate of drug-likeness (QED) is 0.829. The molecule has 1 amide bonds. The molecule has 1 fully saturated rings. The highest BCUT2D eigenvalue weighted by Gasteiger charge is 2.29. The molecular weight excluding hydrogens is 261 g/mol. The predicted octanol–water partition coefficient (Wildman–Crippen LogP) is 0.231. The molecule has 1 heterocycles. The molecule has 1 aliphatic rings. The number of carbonyl (C=O) groups excluding carboxylic acids is 1. The third-order valence-electron chi connectivity index (χ3n) is 3.51. The molecule has 0 spiro atoms. The van der Waals surface area contributed by atoms with Crippen molar-refractivity contribution in [3.05, 3.63) is 35.1 Å². The Morgan fingerprint density at radius 3 is 3.10 bits per heavy atom. The first-order chi connectivity index (χ1) is 9.65. The van der Waals surface area contributed by atoms with Crippen LogP contribution in [0.5, 0.6) is 0 Å². The van der Waals surface area contributed by atoms with E-state index in [2.05, 4.69) is 5.32 Å². The summed E-state index contributed by atoms with van der Waals surface area (Å²) in [6, 6.07) is 4.47. The Labute approximate surface area is 117 Å². The monoisotopic (exact) mass is 281 g/mol. The van der Waals surface area contributed by atoms with Gasteiger partial charge in [0.2, 0.25) is 5.91 Å². The van der Waals surface area contributed by atoms with Gasteiger partial charge >= 0.3 is 0 Å². The summed E-state index contributed by atoms with van der Waals surface area (Å²) in [4.78, 5) is 13.8. The van der Waals surface area contributed by atoms with E-state index in [1.807, 2.05) is 4.90 Å². The van der Waals surface area contributed by atoms with Crippen LogP contribution >= 0.6 is 0 Å². The standard InChI is InChI=1S/C14H20FN3O2/c1-17-14(19)13-9-20-5-4-18(13)8-11-6-10(7-16)2-3-12(11)15/h2-3,6,13H,4-5,7-9,16H2,1H3,(H,17,19). The number of ether oxygens (including phenoxy) is 1. The van der Waals surface area contributed by atoms with Crippen molar-refractivity contribution < 1.29 is 13.9 Å². The number of amides is 1. The molecule has 0 bridgehead atoms. The van der Waals surface area contributed by atoms with Crippen LogP contribution in [0, 0.1) is 5.82 Å². The van der Waals surface area contributed by atoms with Crippen molar-refractivity contribution in [3.8, 4) is 0 Å². The second-order valence-corrected chi connectivity index (χ2v) is 4.81. The fourth-order valence-corrected chi connectivity index (χ4v) is 2.33. The first-order valence-corrected chi connectivity index (χ1v) is 6.66. The molecule has 0 aliphatic carbocycles. The molecule has 2 rings (SSSR count). The highest BCUT2D eigenvalue weighted by Crippen LogP contribution is 2.17. The number of nitrogens with two attached hydrogens (primary N) is 1. The Bertz CT molecular complexity index is 481. The minimum atomic E-state index is -0.380. The van der Waals surface area contributed by atoms with E-state index in [0.29, 0.717) is 38.4 Å². The van der Waals surface area contributed by atoms with Crippen LogP contribution in [0.1, 0.15) is 11.1 Å². The van der Waals surface area contributed by atoms with E-state index in [0.717, 1.165) is 5.56 Å². The fraction of sp³-hybridized carbons (Fsp3) is 0.500. The molecule has 1 atom stereocenters. The number of halogens is 1. The van der Waals surface area contributed by atoms with Crippen molar-refractivity contribution in [2.75, 3.05) is 26.8 Å². The van der Waals surface area contributed by atoms with Gasteiger partial charge in [-0.2, -0.15) is 0 Å². The van der Waals surface area contributed by atoms with Gasteiger partial charge in [0.1, 0.15) is 11.9 Å². The maximum absolute atomic E-state index is 13.9. The number of hydrogen-bond donors (Lipinski definition) is 2. The van der Waals surface area contributed by atoms with Crippen molar-refractivity contribution in [3.63, 3.8) is 0 Å². The molecule has 1 aromatic carbocycles. The first kappa shape index (κ1) is 14.9. The molecule has 5 nitrogen and oxygen atoms in total. The minimum absolute atomic E-state index is 0.111. The summed E-state index contributed by atoms with van der Waals surface area (Å²) in [5.41, 5.74) is 7.02. The van der Waals surface area contributed by atoms with Crippen LogP contribution in [0.25, 0.3) is 0 Å². The summed E-state index contributed by atoms with van der Waals surface area (Å²) in [7, 11) is 1.59. The van der Waals surface area contributed by atoms with Gasteiger partial charge in [-0.1, -0.05) is 12.1 Å². The number of morpholine rings is 1. The Morgan fingerprint density at radius 2 is 2.40 bits per heavy atom. The van der Waals surface area contributed by atoms with Crippen molar-refractivity contribution in [2.24, 2.45) is 5.73 Å². The summed E-state index contributed by atoms with van der Waals surface area (Å²) in [5, 5.41) is 2.61. The summed E-state index contributed by atoms with van der Waals surface area (Å²) >= 11 is 0. The molecule has 1 unspecified atom stereocenters. The van der Waals surface area contributed by atoms with Crippen LogP contribution in [0.3, 0.4) is 0 Å². The molecule has 0 aromatic heterocycles. The molecule has 0 saturated carbocycles. The van der Waals surface area contributed by atoms with Crippen LogP contribution in [0.4, 0.5) is 4.39 Å². The van der Waals surface area contributed by atoms with E-state index in [-0.39, 0.29) is 17.8 Å². The van der Waals surface area contributed by atoms with Gasteiger partial charge in [0.05, 0.1) is 13.2 Å². The summed E-state index contributed by atoms with van der Waals surface area (Å²) < 4.78 is 19.2. The highest BCUT2D eigenvalue weighted by molar-refractivity contribution is 5.81. The topological polar surface area (TPSA) is 67.6 Å². The lowest BCUT2D eigenvalue weighted by Gasteiger charge is -2.34. The second kappa shape index (κ2) is 6.78. The number of nitrogens with one attached hydrogen (secondary N) is 1. The smallest absolute Gasteiger partial charge is 0.239 e. The summed E-state index contributed by atoms with van der Waals surface area (Å²) in [6.07, 6.45) is 0. The third-order valence-corrected chi connectivity index (χ3v) is 3.51. The molecule has 1 saturated heterocycles. The predicted molar refractivity (Wildman–Crippen MR) is 73.4 cm³/mol. The number of likely N-dealkylation sites (N-methyl/N-ethyl adjacent to an activating group) is 1. The number of rotatable bonds is 4. The lowest BCUT2D eigenvalue weighted by atomic mass is 10.1. The lowest BCUT2D eigenvalue weighted by molar-refractivity contribution is -0.132. The fourth-order valence-electron chi connectivity index (χ4n) is 2.33. The van der Waals surface area contributed by atoms with Gasteiger partial charge in [0.25, 0.3) is 0 Å². The van der Waals surface area contributed by atoms with E-state index in [1.54, 1.807) is 19.2 Å². The SMILES string of the molecule is CNC(=O)C1COCCN1Cc1cc(CN)ccc1F. The van der Waals surface area contributed by atoms with E-state index in [9.17, 15) is 9.18 Å². The first-order valence-electron chi connectivity index (χ1n) is 6.66. The van der Waals surface area contributed by atoms with Gasteiger partial charge in [-0.15, -0.1) is 0 Å². The molecular formula is C14H20FN3O2. The molecule has 6 heteroatoms. The normalized spacial score (nSPS) is 19.9. The van der Waals surface area contributed by atoms with Crippen molar-refractivity contribution in [1.29, 1.82) is 0 Å². The summed E-state index contributed by atoms with van der Waals surface area (Å²) in [6.45, 7) is 2.23. The maximum Gasteiger partial charge on any atom is 0.239 e. The Hall–Kier alpha value is -1.50. The van der Waals surface area contributed by atoms with Crippen molar-refractivity contribution >= 4 is 5.91 Å². The molecule has 110 valence electrons. The average Bonchev–Trinajstić information content (AvgIpc) is 2.49. The molecule has 1 aliphatic heterocycles. The van der Waals surface area contributed by atoms with Crippen LogP contribution in [0.15, 0.2) is 18.2 Å². The number of hydrogen-bond acceptors (Lipinski definition) is 4. The lowest BCUT2D eigenvalue weighted by Crippen LogP contribution is -2.52. The number of benzene rings is 1. The zero-order chi connectivity index (χ0) is 14.5. The third kappa shape index (κ3) is 3.33. The molecule has 1 aromatic rings. The molecule has 0 radical (unpaired) electrons. The maximum atomic E-state index is 13.9. The number of nitrogens with zero attached hydrogens (tertiary/aromatic N) is 1. The second-order valence-electron chi connectivity index (χ2n) is 4.81. The van der Waals surface area contributed by atoms with Gasteiger partial charge in [-0.3, -0.25) is 9.69 Å². The molecule has 20 heavy (non-hydrogen) atoms. The van der Waals surface area contributed by atoms with E-state index in [4.69, 9.17) is 10.5 Å². The van der Waals surface area contributed by atoms with Crippen LogP contribution in [-0.4, -0.2) is 43.7 Å². The average molecular weight is 281 g/mol. The highest BCUT2D eigenvalue weighted by atomic mass is 19.1. The Kier molecular flexibility index (Phi) is 5.05. The zero-order valence-corrected chi connectivity index (χ0v) is 11.6. The van der Waals surface area contributed by atoms with Crippen LogP contribution < -0.4 is 11.1 Å². The minimum Gasteiger partial charge on any atom is -0.378 e.